The zero-order valence-electron chi connectivity index (χ0n) is 16.2. The molecule has 0 atom stereocenters. The van der Waals surface area contributed by atoms with E-state index in [0.717, 1.165) is 25.1 Å². The van der Waals surface area contributed by atoms with Crippen LogP contribution >= 0.6 is 11.8 Å². The number of H-pyrrole nitrogens is 1. The number of benzene rings is 1. The Labute approximate surface area is 169 Å². The van der Waals surface area contributed by atoms with Crippen LogP contribution in [0.3, 0.4) is 0 Å². The molecule has 1 aromatic carbocycles. The molecule has 28 heavy (non-hydrogen) atoms. The molecular weight excluding hydrogens is 372 g/mol. The number of nitrogens with one attached hydrogen (secondary N) is 1. The lowest BCUT2D eigenvalue weighted by molar-refractivity contribution is 0.216. The number of piperidine rings is 1. The van der Waals surface area contributed by atoms with Gasteiger partial charge >= 0.3 is 0 Å². The first kappa shape index (κ1) is 20.4. The van der Waals surface area contributed by atoms with Crippen LogP contribution in [0, 0.1) is 11.3 Å². The van der Waals surface area contributed by atoms with Crippen LogP contribution < -0.4 is 10.3 Å². The Bertz CT molecular complexity index is 885. The third kappa shape index (κ3) is 5.37. The van der Waals surface area contributed by atoms with Crippen LogP contribution in [0.5, 0.6) is 5.75 Å². The number of aromatic nitrogens is 2. The van der Waals surface area contributed by atoms with Gasteiger partial charge < -0.3 is 14.6 Å². The lowest BCUT2D eigenvalue weighted by Gasteiger charge is -2.26. The summed E-state index contributed by atoms with van der Waals surface area (Å²) in [5.41, 5.74) is 0.715. The fourth-order valence-electron chi connectivity index (χ4n) is 3.41. The molecule has 1 saturated heterocycles. The van der Waals surface area contributed by atoms with E-state index in [1.54, 1.807) is 0 Å². The topological polar surface area (TPSA) is 82.0 Å². The van der Waals surface area contributed by atoms with Crippen molar-refractivity contribution in [2.75, 3.05) is 32.5 Å². The van der Waals surface area contributed by atoms with Crippen LogP contribution in [0.25, 0.3) is 11.3 Å². The van der Waals surface area contributed by atoms with Crippen molar-refractivity contribution in [2.45, 2.75) is 37.3 Å². The fraction of sp³-hybridized carbons (Fsp3) is 0.476. The standard InChI is InChI=1S/C21H26N4O2S/c1-28-21-23-19(18(15-22)20(26)24-21)16-8-7-9-17(14-16)27-13-6-5-12-25-10-3-2-4-11-25/h7-9,14H,2-6,10-13H2,1H3,(H,23,24,26). The molecule has 0 amide bonds. The number of aromatic amines is 1. The molecule has 0 bridgehead atoms. The van der Waals surface area contributed by atoms with Gasteiger partial charge in [-0.3, -0.25) is 4.79 Å². The molecule has 0 aliphatic carbocycles. The van der Waals surface area contributed by atoms with Crippen LogP contribution in [-0.4, -0.2) is 47.4 Å². The summed E-state index contributed by atoms with van der Waals surface area (Å²) >= 11 is 1.33. The lowest BCUT2D eigenvalue weighted by atomic mass is 10.1. The molecule has 0 radical (unpaired) electrons. The van der Waals surface area contributed by atoms with Crippen LogP contribution in [0.15, 0.2) is 34.2 Å². The minimum absolute atomic E-state index is 0.0245. The SMILES string of the molecule is CSc1nc(-c2cccc(OCCCCN3CCCCC3)c2)c(C#N)c(=O)[nH]1. The molecule has 1 aromatic heterocycles. The van der Waals surface area contributed by atoms with Crippen molar-refractivity contribution >= 4 is 11.8 Å². The molecule has 2 heterocycles. The van der Waals surface area contributed by atoms with E-state index in [-0.39, 0.29) is 5.56 Å². The van der Waals surface area contributed by atoms with Crippen LogP contribution in [0.1, 0.15) is 37.7 Å². The van der Waals surface area contributed by atoms with Gasteiger partial charge in [0.05, 0.1) is 12.3 Å². The van der Waals surface area contributed by atoms with E-state index in [2.05, 4.69) is 14.9 Å². The van der Waals surface area contributed by atoms with Crippen molar-refractivity contribution in [1.82, 2.24) is 14.9 Å². The Morgan fingerprint density at radius 3 is 2.86 bits per heavy atom. The van der Waals surface area contributed by atoms with Gasteiger partial charge in [-0.15, -0.1) is 0 Å². The molecule has 0 spiro atoms. The van der Waals surface area contributed by atoms with E-state index in [4.69, 9.17) is 4.74 Å². The Kier molecular flexibility index (Phi) is 7.52. The molecule has 0 unspecified atom stereocenters. The highest BCUT2D eigenvalue weighted by atomic mass is 32.2. The number of unbranched alkanes of at least 4 members (excludes halogenated alkanes) is 1. The van der Waals surface area contributed by atoms with Crippen molar-refractivity contribution in [2.24, 2.45) is 0 Å². The van der Waals surface area contributed by atoms with Crippen LogP contribution in [0.2, 0.25) is 0 Å². The molecule has 1 aliphatic rings. The minimum atomic E-state index is -0.416. The molecule has 3 rings (SSSR count). The van der Waals surface area contributed by atoms with Gasteiger partial charge in [-0.25, -0.2) is 4.98 Å². The van der Waals surface area contributed by atoms with Crippen molar-refractivity contribution in [3.05, 3.63) is 40.2 Å². The third-order valence-electron chi connectivity index (χ3n) is 4.90. The summed E-state index contributed by atoms with van der Waals surface area (Å²) in [5.74, 6) is 0.729. The molecule has 1 aliphatic heterocycles. The molecule has 1 fully saturated rings. The summed E-state index contributed by atoms with van der Waals surface area (Å²) in [5, 5.41) is 9.84. The Morgan fingerprint density at radius 1 is 1.29 bits per heavy atom. The average molecular weight is 399 g/mol. The molecule has 1 N–H and O–H groups in total. The smallest absolute Gasteiger partial charge is 0.270 e. The van der Waals surface area contributed by atoms with Gasteiger partial charge in [0, 0.05) is 5.56 Å². The predicted octanol–water partition coefficient (Wildman–Crippen LogP) is 3.68. The fourth-order valence-corrected chi connectivity index (χ4v) is 3.78. The van der Waals surface area contributed by atoms with E-state index in [1.165, 1.54) is 44.1 Å². The zero-order chi connectivity index (χ0) is 19.8. The number of thioether (sulfide) groups is 1. The van der Waals surface area contributed by atoms with E-state index < -0.39 is 5.56 Å². The molecule has 148 valence electrons. The Hall–Kier alpha value is -2.30. The normalized spacial score (nSPS) is 14.6. The second kappa shape index (κ2) is 10.3. The van der Waals surface area contributed by atoms with Crippen molar-refractivity contribution in [3.63, 3.8) is 0 Å². The van der Waals surface area contributed by atoms with E-state index >= 15 is 0 Å². The third-order valence-corrected chi connectivity index (χ3v) is 5.48. The van der Waals surface area contributed by atoms with E-state index in [1.807, 2.05) is 36.6 Å². The van der Waals surface area contributed by atoms with E-state index in [0.29, 0.717) is 23.0 Å². The summed E-state index contributed by atoms with van der Waals surface area (Å²) in [6, 6.07) is 9.40. The highest BCUT2D eigenvalue weighted by Crippen LogP contribution is 2.25. The summed E-state index contributed by atoms with van der Waals surface area (Å²) in [6.45, 7) is 4.25. The van der Waals surface area contributed by atoms with Gasteiger partial charge in [0.15, 0.2) is 5.16 Å². The van der Waals surface area contributed by atoms with Crippen LogP contribution in [-0.2, 0) is 0 Å². The minimum Gasteiger partial charge on any atom is -0.494 e. The predicted molar refractivity (Wildman–Crippen MR) is 112 cm³/mol. The van der Waals surface area contributed by atoms with Gasteiger partial charge in [-0.1, -0.05) is 30.3 Å². The second-order valence-electron chi connectivity index (χ2n) is 6.90. The first-order chi connectivity index (χ1) is 13.7. The maximum absolute atomic E-state index is 12.1. The number of rotatable bonds is 8. The average Bonchev–Trinajstić information content (AvgIpc) is 2.74. The maximum Gasteiger partial charge on any atom is 0.270 e. The summed E-state index contributed by atoms with van der Waals surface area (Å²) in [4.78, 5) is 21.7. The van der Waals surface area contributed by atoms with Gasteiger partial charge in [-0.05, 0) is 63.7 Å². The van der Waals surface area contributed by atoms with Gasteiger partial charge in [0.2, 0.25) is 0 Å². The van der Waals surface area contributed by atoms with Gasteiger partial charge in [0.25, 0.3) is 5.56 Å². The molecule has 7 heteroatoms. The number of nitrogens with zero attached hydrogens (tertiary/aromatic N) is 3. The zero-order valence-corrected chi connectivity index (χ0v) is 17.1. The number of hydrogen-bond acceptors (Lipinski definition) is 6. The van der Waals surface area contributed by atoms with Crippen LogP contribution in [0.4, 0.5) is 0 Å². The highest BCUT2D eigenvalue weighted by Gasteiger charge is 2.14. The number of ether oxygens (including phenoxy) is 1. The Morgan fingerprint density at radius 2 is 2.11 bits per heavy atom. The van der Waals surface area contributed by atoms with Crippen molar-refractivity contribution in [3.8, 4) is 23.1 Å². The van der Waals surface area contributed by atoms with Crippen molar-refractivity contribution < 1.29 is 4.74 Å². The monoisotopic (exact) mass is 398 g/mol. The van der Waals surface area contributed by atoms with Gasteiger partial charge in [0.1, 0.15) is 17.4 Å². The lowest BCUT2D eigenvalue weighted by Crippen LogP contribution is -2.30. The largest absolute Gasteiger partial charge is 0.494 e. The van der Waals surface area contributed by atoms with Gasteiger partial charge in [-0.2, -0.15) is 5.26 Å². The highest BCUT2D eigenvalue weighted by molar-refractivity contribution is 7.98. The number of likely N-dealkylation sites (tertiary alicyclic amines) is 1. The second-order valence-corrected chi connectivity index (χ2v) is 7.69. The summed E-state index contributed by atoms with van der Waals surface area (Å²) < 4.78 is 5.90. The van der Waals surface area contributed by atoms with E-state index in [9.17, 15) is 10.1 Å². The Balaban J connectivity index is 1.61. The first-order valence-electron chi connectivity index (χ1n) is 9.75. The molecular formula is C21H26N4O2S. The van der Waals surface area contributed by atoms with Crippen molar-refractivity contribution in [1.29, 1.82) is 5.26 Å². The molecule has 6 nitrogen and oxygen atoms in total. The number of hydrogen-bond donors (Lipinski definition) is 1. The summed E-state index contributed by atoms with van der Waals surface area (Å²) in [6.07, 6.45) is 7.97. The maximum atomic E-state index is 12.1. The number of nitriles is 1. The molecule has 2 aromatic rings. The summed E-state index contributed by atoms with van der Waals surface area (Å²) in [7, 11) is 0. The first-order valence-corrected chi connectivity index (χ1v) is 11.0. The molecule has 0 saturated carbocycles. The quantitative estimate of drug-likeness (QED) is 0.415.